The van der Waals surface area contributed by atoms with E-state index in [0.717, 1.165) is 39.3 Å². The number of hydrogen-bond acceptors (Lipinski definition) is 5. The minimum atomic E-state index is 0.223. The van der Waals surface area contributed by atoms with E-state index in [1.165, 1.54) is 13.1 Å². The predicted molar refractivity (Wildman–Crippen MR) is 62.1 cm³/mol. The monoisotopic (exact) mass is 216 g/mol. The third-order valence-electron chi connectivity index (χ3n) is 2.58. The number of nitrogens with one attached hydrogen (secondary N) is 3. The van der Waals surface area contributed by atoms with Gasteiger partial charge in [-0.25, -0.2) is 0 Å². The van der Waals surface area contributed by atoms with Crippen LogP contribution in [-0.4, -0.2) is 75.5 Å². The van der Waals surface area contributed by atoms with Crippen molar-refractivity contribution in [3.8, 4) is 0 Å². The molecule has 1 fully saturated rings. The summed E-state index contributed by atoms with van der Waals surface area (Å²) in [4.78, 5) is 2.48. The fourth-order valence-electron chi connectivity index (χ4n) is 1.68. The summed E-state index contributed by atoms with van der Waals surface area (Å²) in [6.07, 6.45) is 0. The fraction of sp³-hybridized carbons (Fsp3) is 1.00. The van der Waals surface area contributed by atoms with Crippen molar-refractivity contribution >= 4 is 0 Å². The predicted octanol–water partition coefficient (Wildman–Crippen LogP) is -1.94. The molecule has 0 bridgehead atoms. The molecule has 0 saturated carbocycles. The molecule has 0 amide bonds. The van der Waals surface area contributed by atoms with E-state index in [9.17, 15) is 0 Å². The molecule has 5 nitrogen and oxygen atoms in total. The van der Waals surface area contributed by atoms with Crippen LogP contribution in [0.4, 0.5) is 0 Å². The molecule has 1 saturated heterocycles. The van der Waals surface area contributed by atoms with Crippen LogP contribution in [0.1, 0.15) is 0 Å². The van der Waals surface area contributed by atoms with E-state index in [2.05, 4.69) is 20.9 Å². The molecule has 4 N–H and O–H groups in total. The zero-order valence-corrected chi connectivity index (χ0v) is 9.47. The largest absolute Gasteiger partial charge is 0.395 e. The first-order valence-electron chi connectivity index (χ1n) is 5.89. The van der Waals surface area contributed by atoms with Crippen LogP contribution in [0.15, 0.2) is 0 Å². The Balaban J connectivity index is 1.79. The van der Waals surface area contributed by atoms with Gasteiger partial charge in [0.05, 0.1) is 6.61 Å². The first-order chi connectivity index (χ1) is 7.43. The summed E-state index contributed by atoms with van der Waals surface area (Å²) in [5.41, 5.74) is 0. The minimum absolute atomic E-state index is 0.223. The third kappa shape index (κ3) is 6.81. The van der Waals surface area contributed by atoms with Crippen LogP contribution in [0.25, 0.3) is 0 Å². The molecule has 0 aromatic heterocycles. The van der Waals surface area contributed by atoms with Gasteiger partial charge in [0.1, 0.15) is 0 Å². The molecule has 0 atom stereocenters. The molecule has 0 radical (unpaired) electrons. The molecular formula is C10H24N4O. The Morgan fingerprint density at radius 2 is 1.67 bits per heavy atom. The van der Waals surface area contributed by atoms with Crippen LogP contribution in [0, 0.1) is 0 Å². The van der Waals surface area contributed by atoms with Gasteiger partial charge in [-0.3, -0.25) is 4.90 Å². The molecule has 0 spiro atoms. The summed E-state index contributed by atoms with van der Waals surface area (Å²) in [5, 5.41) is 18.4. The van der Waals surface area contributed by atoms with E-state index in [1.54, 1.807) is 0 Å². The van der Waals surface area contributed by atoms with Gasteiger partial charge in [0.25, 0.3) is 0 Å². The van der Waals surface area contributed by atoms with Gasteiger partial charge in [0.15, 0.2) is 0 Å². The topological polar surface area (TPSA) is 59.6 Å². The Hall–Kier alpha value is -0.200. The van der Waals surface area contributed by atoms with E-state index in [0.29, 0.717) is 6.54 Å². The van der Waals surface area contributed by atoms with Crippen LogP contribution in [-0.2, 0) is 0 Å². The maximum absolute atomic E-state index is 8.54. The molecule has 1 heterocycles. The standard InChI is InChI=1S/C10H24N4O/c15-10-6-12-2-1-11-3-7-14-8-4-13-5-9-14/h11-13,15H,1-10H2. The average molecular weight is 216 g/mol. The highest BCUT2D eigenvalue weighted by atomic mass is 16.3. The number of hydrogen-bond donors (Lipinski definition) is 4. The number of rotatable bonds is 8. The summed E-state index contributed by atoms with van der Waals surface area (Å²) < 4.78 is 0. The lowest BCUT2D eigenvalue weighted by Gasteiger charge is -2.27. The second kappa shape index (κ2) is 9.06. The van der Waals surface area contributed by atoms with Crippen LogP contribution < -0.4 is 16.0 Å². The van der Waals surface area contributed by atoms with E-state index < -0.39 is 0 Å². The quantitative estimate of drug-likeness (QED) is 0.356. The molecule has 0 aliphatic carbocycles. The van der Waals surface area contributed by atoms with Crippen LogP contribution in [0.2, 0.25) is 0 Å². The number of piperazine rings is 1. The van der Waals surface area contributed by atoms with Crippen LogP contribution in [0.5, 0.6) is 0 Å². The van der Waals surface area contributed by atoms with Gasteiger partial charge in [0, 0.05) is 58.9 Å². The van der Waals surface area contributed by atoms with E-state index >= 15 is 0 Å². The molecule has 5 heteroatoms. The molecule has 0 aromatic rings. The zero-order chi connectivity index (χ0) is 10.8. The Kier molecular flexibility index (Phi) is 7.77. The van der Waals surface area contributed by atoms with E-state index in [1.807, 2.05) is 0 Å². The van der Waals surface area contributed by atoms with Gasteiger partial charge in [-0.2, -0.15) is 0 Å². The molecule has 1 aliphatic rings. The highest BCUT2D eigenvalue weighted by Crippen LogP contribution is 1.89. The summed E-state index contributed by atoms with van der Waals surface area (Å²) in [6, 6.07) is 0. The lowest BCUT2D eigenvalue weighted by atomic mass is 10.3. The molecular weight excluding hydrogens is 192 g/mol. The van der Waals surface area contributed by atoms with Gasteiger partial charge in [0.2, 0.25) is 0 Å². The first kappa shape index (κ1) is 12.9. The minimum Gasteiger partial charge on any atom is -0.395 e. The second-order valence-corrected chi connectivity index (χ2v) is 3.82. The lowest BCUT2D eigenvalue weighted by molar-refractivity contribution is 0.241. The zero-order valence-electron chi connectivity index (χ0n) is 9.47. The second-order valence-electron chi connectivity index (χ2n) is 3.82. The molecule has 15 heavy (non-hydrogen) atoms. The molecule has 1 aliphatic heterocycles. The summed E-state index contributed by atoms with van der Waals surface area (Å²) in [7, 11) is 0. The first-order valence-corrected chi connectivity index (χ1v) is 5.89. The van der Waals surface area contributed by atoms with Crippen molar-refractivity contribution in [3.05, 3.63) is 0 Å². The Labute approximate surface area is 92.2 Å². The number of aliphatic hydroxyl groups is 1. The van der Waals surface area contributed by atoms with E-state index in [-0.39, 0.29) is 6.61 Å². The van der Waals surface area contributed by atoms with Crippen molar-refractivity contribution in [2.75, 3.05) is 65.5 Å². The Morgan fingerprint density at radius 1 is 1.00 bits per heavy atom. The maximum Gasteiger partial charge on any atom is 0.0555 e. The number of nitrogens with zero attached hydrogens (tertiary/aromatic N) is 1. The van der Waals surface area contributed by atoms with Crippen molar-refractivity contribution in [2.45, 2.75) is 0 Å². The Bertz CT molecular complexity index is 139. The van der Waals surface area contributed by atoms with Crippen LogP contribution >= 0.6 is 0 Å². The third-order valence-corrected chi connectivity index (χ3v) is 2.58. The van der Waals surface area contributed by atoms with E-state index in [4.69, 9.17) is 5.11 Å². The average Bonchev–Trinajstić information content (AvgIpc) is 2.29. The maximum atomic E-state index is 8.54. The number of aliphatic hydroxyl groups excluding tert-OH is 1. The van der Waals surface area contributed by atoms with Crippen LogP contribution in [0.3, 0.4) is 0 Å². The van der Waals surface area contributed by atoms with Crippen molar-refractivity contribution < 1.29 is 5.11 Å². The smallest absolute Gasteiger partial charge is 0.0555 e. The Morgan fingerprint density at radius 3 is 2.33 bits per heavy atom. The lowest BCUT2D eigenvalue weighted by Crippen LogP contribution is -2.46. The van der Waals surface area contributed by atoms with Crippen molar-refractivity contribution in [1.82, 2.24) is 20.9 Å². The van der Waals surface area contributed by atoms with Gasteiger partial charge < -0.3 is 21.1 Å². The highest BCUT2D eigenvalue weighted by Gasteiger charge is 2.07. The summed E-state index contributed by atoms with van der Waals surface area (Å²) in [6.45, 7) is 9.61. The summed E-state index contributed by atoms with van der Waals surface area (Å²) in [5.74, 6) is 0. The highest BCUT2D eigenvalue weighted by molar-refractivity contribution is 4.68. The SMILES string of the molecule is OCCNCCNCCN1CCNCC1. The van der Waals surface area contributed by atoms with Gasteiger partial charge in [-0.05, 0) is 0 Å². The van der Waals surface area contributed by atoms with Crippen molar-refractivity contribution in [3.63, 3.8) is 0 Å². The van der Waals surface area contributed by atoms with Crippen molar-refractivity contribution in [2.24, 2.45) is 0 Å². The molecule has 0 unspecified atom stereocenters. The fourth-order valence-corrected chi connectivity index (χ4v) is 1.68. The van der Waals surface area contributed by atoms with Gasteiger partial charge in [-0.1, -0.05) is 0 Å². The molecule has 1 rings (SSSR count). The van der Waals surface area contributed by atoms with Gasteiger partial charge in [-0.15, -0.1) is 0 Å². The normalized spacial score (nSPS) is 18.2. The molecule has 90 valence electrons. The van der Waals surface area contributed by atoms with Gasteiger partial charge >= 0.3 is 0 Å². The molecule has 0 aromatic carbocycles. The summed E-state index contributed by atoms with van der Waals surface area (Å²) >= 11 is 0. The van der Waals surface area contributed by atoms with Crippen molar-refractivity contribution in [1.29, 1.82) is 0 Å².